The van der Waals surface area contributed by atoms with Crippen LogP contribution in [0.2, 0.25) is 0 Å². The predicted molar refractivity (Wildman–Crippen MR) is 319 cm³/mol. The third-order valence-corrected chi connectivity index (χ3v) is 14.6. The van der Waals surface area contributed by atoms with E-state index < -0.39 is 0 Å². The molecule has 3 nitrogen and oxygen atoms in total. The highest BCUT2D eigenvalue weighted by atomic mass is 15.2. The number of nitrogens with zero attached hydrogens (tertiary/aromatic N) is 2. The van der Waals surface area contributed by atoms with Gasteiger partial charge < -0.3 is 15.1 Å². The van der Waals surface area contributed by atoms with E-state index in [1.807, 2.05) is 0 Å². The molecule has 3 aliphatic carbocycles. The summed E-state index contributed by atoms with van der Waals surface area (Å²) in [7, 11) is 0. The molecule has 1 aliphatic heterocycles. The number of benzene rings is 7. The summed E-state index contributed by atoms with van der Waals surface area (Å²) in [6, 6.07) is 69.4. The van der Waals surface area contributed by atoms with Crippen molar-refractivity contribution in [2.75, 3.05) is 15.1 Å². The molecule has 11 rings (SSSR count). The van der Waals surface area contributed by atoms with Gasteiger partial charge in [-0.15, -0.1) is 0 Å². The Balaban J connectivity index is 0.927. The quantitative estimate of drug-likeness (QED) is 0.132. The highest BCUT2D eigenvalue weighted by molar-refractivity contribution is 5.71. The van der Waals surface area contributed by atoms with Crippen LogP contribution in [0.25, 0.3) is 33.4 Å². The maximum absolute atomic E-state index is 4.66. The molecule has 7 aromatic carbocycles. The molecule has 3 heteroatoms. The Morgan fingerprint density at radius 2 is 1.01 bits per heavy atom. The van der Waals surface area contributed by atoms with Crippen LogP contribution in [0.3, 0.4) is 0 Å². The number of hydrogen-bond donors (Lipinski definition) is 1. The molecule has 364 valence electrons. The van der Waals surface area contributed by atoms with Gasteiger partial charge in [0.2, 0.25) is 0 Å². The van der Waals surface area contributed by atoms with Crippen molar-refractivity contribution in [3.8, 4) is 33.4 Å². The van der Waals surface area contributed by atoms with Crippen molar-refractivity contribution in [3.63, 3.8) is 0 Å². The van der Waals surface area contributed by atoms with Crippen molar-refractivity contribution in [2.24, 2.45) is 0 Å². The van der Waals surface area contributed by atoms with Crippen LogP contribution in [0, 0.1) is 0 Å². The Bertz CT molecular complexity index is 3470. The van der Waals surface area contributed by atoms with Gasteiger partial charge in [-0.25, -0.2) is 0 Å². The van der Waals surface area contributed by atoms with Gasteiger partial charge in [0.15, 0.2) is 0 Å². The molecule has 0 aromatic heterocycles. The number of rotatable bonds is 12. The van der Waals surface area contributed by atoms with E-state index in [0.29, 0.717) is 0 Å². The van der Waals surface area contributed by atoms with E-state index in [1.165, 1.54) is 55.9 Å². The Labute approximate surface area is 443 Å². The second-order valence-electron chi connectivity index (χ2n) is 19.5. The van der Waals surface area contributed by atoms with Crippen LogP contribution in [0.4, 0.5) is 17.1 Å². The smallest absolute Gasteiger partial charge is 0.0556 e. The Morgan fingerprint density at radius 1 is 0.480 bits per heavy atom. The molecule has 1 heterocycles. The second kappa shape index (κ2) is 22.7. The van der Waals surface area contributed by atoms with Gasteiger partial charge in [0.25, 0.3) is 0 Å². The van der Waals surface area contributed by atoms with E-state index >= 15 is 0 Å². The van der Waals surface area contributed by atoms with Gasteiger partial charge in [0.1, 0.15) is 0 Å². The zero-order valence-corrected chi connectivity index (χ0v) is 42.3. The molecule has 3 atom stereocenters. The summed E-state index contributed by atoms with van der Waals surface area (Å²) in [5.41, 5.74) is 19.4. The van der Waals surface area contributed by atoms with Crippen LogP contribution < -0.4 is 15.1 Å². The van der Waals surface area contributed by atoms with Crippen molar-refractivity contribution in [1.29, 1.82) is 0 Å². The standard InChI is InChI=1S/C72H61N3/c1-53-50-64(61-34-43-70(44-35-61)75(68-26-16-7-17-27-68)69-41-32-60(33-42-69)57-22-12-5-13-23-57)46-48-74(67-39-30-59(31-40-67)56-20-10-4-11-21-56)49-47-65(51-54(53)2)63-36-45-72(71(52-63)62-24-14-6-15-25-62)73-66-37-28-58(29-38-66)55-18-8-3-9-19-55/h3-26,28-34,36-43,45-52,68,71-73H,1-2,27,35,44H2/b48-46-,49-47-,64-50+,65-51+. The minimum absolute atomic E-state index is 0.0267. The maximum Gasteiger partial charge on any atom is 0.0556 e. The molecule has 0 radical (unpaired) electrons. The van der Waals surface area contributed by atoms with Crippen molar-refractivity contribution in [2.45, 2.75) is 37.3 Å². The monoisotopic (exact) mass is 967 g/mol. The Morgan fingerprint density at radius 3 is 1.57 bits per heavy atom. The molecular formula is C72H61N3. The molecule has 3 unspecified atom stereocenters. The van der Waals surface area contributed by atoms with Gasteiger partial charge in [-0.3, -0.25) is 0 Å². The fraction of sp³-hybridized carbons (Fsp3) is 0.0833. The molecule has 0 amide bonds. The van der Waals surface area contributed by atoms with Crippen LogP contribution in [0.15, 0.2) is 338 Å². The van der Waals surface area contributed by atoms with Crippen molar-refractivity contribution in [3.05, 3.63) is 343 Å². The highest BCUT2D eigenvalue weighted by Crippen LogP contribution is 2.38. The van der Waals surface area contributed by atoms with Gasteiger partial charge in [-0.1, -0.05) is 219 Å². The number of allylic oxidation sites excluding steroid dienone is 16. The van der Waals surface area contributed by atoms with Gasteiger partial charge >= 0.3 is 0 Å². The van der Waals surface area contributed by atoms with Crippen LogP contribution in [-0.4, -0.2) is 12.1 Å². The van der Waals surface area contributed by atoms with E-state index in [4.69, 9.17) is 0 Å². The molecule has 0 saturated carbocycles. The predicted octanol–water partition coefficient (Wildman–Crippen LogP) is 18.3. The van der Waals surface area contributed by atoms with Crippen molar-refractivity contribution in [1.82, 2.24) is 0 Å². The average molecular weight is 968 g/mol. The number of nitrogens with one attached hydrogen (secondary N) is 1. The first-order valence-electron chi connectivity index (χ1n) is 26.2. The maximum atomic E-state index is 4.66. The third-order valence-electron chi connectivity index (χ3n) is 14.6. The SMILES string of the molecule is C=C1/C=C(C2=CC(c3ccccc3)C(Nc3ccc(-c4ccccc4)cc3)C=C2)\C=C/N(c2ccc(-c3ccccc3)cc2)/C=C\C(C2=CC=C(N(c3ccc(-c4ccccc4)cc3)C3C=CC=CC3)CC2)=C/C1=C. The van der Waals surface area contributed by atoms with Crippen LogP contribution in [0.1, 0.15) is 30.7 Å². The fourth-order valence-electron chi connectivity index (χ4n) is 10.4. The van der Waals surface area contributed by atoms with Gasteiger partial charge in [0, 0.05) is 41.1 Å². The molecule has 7 aromatic rings. The lowest BCUT2D eigenvalue weighted by molar-refractivity contribution is 0.716. The van der Waals surface area contributed by atoms with E-state index in [1.54, 1.807) is 0 Å². The van der Waals surface area contributed by atoms with Crippen LogP contribution in [0.5, 0.6) is 0 Å². The van der Waals surface area contributed by atoms with Gasteiger partial charge in [-0.05, 0) is 158 Å². The first-order valence-corrected chi connectivity index (χ1v) is 26.2. The minimum atomic E-state index is 0.0267. The summed E-state index contributed by atoms with van der Waals surface area (Å²) in [6.07, 6.45) is 36.5. The van der Waals surface area contributed by atoms with Gasteiger partial charge in [-0.2, -0.15) is 0 Å². The summed E-state index contributed by atoms with van der Waals surface area (Å²) in [5.74, 6) is 0.0586. The Hall–Kier alpha value is -9.18. The van der Waals surface area contributed by atoms with Crippen molar-refractivity contribution < 1.29 is 0 Å². The first-order chi connectivity index (χ1) is 37.0. The second-order valence-corrected chi connectivity index (χ2v) is 19.5. The van der Waals surface area contributed by atoms with Crippen molar-refractivity contribution >= 4 is 17.1 Å². The molecule has 75 heavy (non-hydrogen) atoms. The summed E-state index contributed by atoms with van der Waals surface area (Å²) in [4.78, 5) is 4.76. The van der Waals surface area contributed by atoms with Gasteiger partial charge in [0.05, 0.1) is 12.1 Å². The van der Waals surface area contributed by atoms with E-state index in [2.05, 4.69) is 314 Å². The topological polar surface area (TPSA) is 18.5 Å². The average Bonchev–Trinajstić information content (AvgIpc) is 3.51. The number of anilines is 3. The summed E-state index contributed by atoms with van der Waals surface area (Å²) < 4.78 is 0. The van der Waals surface area contributed by atoms with Crippen LogP contribution in [-0.2, 0) is 0 Å². The summed E-state index contributed by atoms with van der Waals surface area (Å²) >= 11 is 0. The molecule has 0 fully saturated rings. The first kappa shape index (κ1) is 48.1. The summed E-state index contributed by atoms with van der Waals surface area (Å²) in [5, 5.41) is 3.88. The molecule has 0 spiro atoms. The third kappa shape index (κ3) is 11.4. The molecular weight excluding hydrogens is 907 g/mol. The highest BCUT2D eigenvalue weighted by Gasteiger charge is 2.26. The fourth-order valence-corrected chi connectivity index (χ4v) is 10.4. The van der Waals surface area contributed by atoms with E-state index in [-0.39, 0.29) is 18.0 Å². The lowest BCUT2D eigenvalue weighted by atomic mass is 9.83. The molecule has 0 saturated heterocycles. The van der Waals surface area contributed by atoms with E-state index in [0.717, 1.165) is 58.5 Å². The molecule has 1 N–H and O–H groups in total. The summed E-state index contributed by atoms with van der Waals surface area (Å²) in [6.45, 7) is 9.31. The minimum Gasteiger partial charge on any atom is -0.378 e. The number of hydrogen-bond acceptors (Lipinski definition) is 3. The largest absolute Gasteiger partial charge is 0.378 e. The normalized spacial score (nSPS) is 20.8. The lowest BCUT2D eigenvalue weighted by Gasteiger charge is -2.36. The lowest BCUT2D eigenvalue weighted by Crippen LogP contribution is -2.34. The van der Waals surface area contributed by atoms with E-state index in [9.17, 15) is 0 Å². The zero-order chi connectivity index (χ0) is 50.8. The van der Waals surface area contributed by atoms with Crippen LogP contribution >= 0.6 is 0 Å². The molecule has 0 bridgehead atoms. The Kier molecular flexibility index (Phi) is 14.6. The molecule has 4 aliphatic rings. The zero-order valence-electron chi connectivity index (χ0n) is 42.3.